The van der Waals surface area contributed by atoms with Crippen LogP contribution in [0.15, 0.2) is 4.52 Å². The van der Waals surface area contributed by atoms with E-state index in [1.165, 1.54) is 0 Å². The van der Waals surface area contributed by atoms with Crippen LogP contribution in [-0.4, -0.2) is 39.8 Å². The summed E-state index contributed by atoms with van der Waals surface area (Å²) in [5.41, 5.74) is 0. The van der Waals surface area contributed by atoms with Gasteiger partial charge in [-0.1, -0.05) is 5.16 Å². The summed E-state index contributed by atoms with van der Waals surface area (Å²) in [7, 11) is 0. The third-order valence-electron chi connectivity index (χ3n) is 2.84. The van der Waals surface area contributed by atoms with E-state index >= 15 is 0 Å². The Morgan fingerprint density at radius 3 is 3.13 bits per heavy atom. The number of aromatic nitrogens is 2. The maximum Gasteiger partial charge on any atom is 0.223 e. The Bertz CT molecular complexity index is 313. The van der Waals surface area contributed by atoms with Gasteiger partial charge in [0.15, 0.2) is 5.82 Å². The summed E-state index contributed by atoms with van der Waals surface area (Å²) in [6.45, 7) is 4.96. The van der Waals surface area contributed by atoms with Gasteiger partial charge in [-0.15, -0.1) is 0 Å². The van der Waals surface area contributed by atoms with E-state index in [1.54, 1.807) is 6.92 Å². The molecular formula is C10H17N3O2. The van der Waals surface area contributed by atoms with E-state index in [9.17, 15) is 0 Å². The predicted molar refractivity (Wildman–Crippen MR) is 54.1 cm³/mol. The summed E-state index contributed by atoms with van der Waals surface area (Å²) in [6.07, 6.45) is 2.07. The zero-order chi connectivity index (χ0) is 10.7. The maximum atomic E-state index is 8.85. The average Bonchev–Trinajstić information content (AvgIpc) is 2.78. The topological polar surface area (TPSA) is 62.4 Å². The highest BCUT2D eigenvalue weighted by Crippen LogP contribution is 2.20. The Morgan fingerprint density at radius 1 is 1.60 bits per heavy atom. The molecule has 0 aliphatic carbocycles. The standard InChI is InChI=1S/C10H17N3O2/c1-8-11-10(12-15-8)7-13-4-2-9(6-13)3-5-14/h9,14H,2-7H2,1H3. The molecule has 1 unspecified atom stereocenters. The van der Waals surface area contributed by atoms with E-state index in [2.05, 4.69) is 15.0 Å². The van der Waals surface area contributed by atoms with Crippen LogP contribution in [0.25, 0.3) is 0 Å². The van der Waals surface area contributed by atoms with Crippen molar-refractivity contribution in [2.45, 2.75) is 26.3 Å². The Morgan fingerprint density at radius 2 is 2.47 bits per heavy atom. The zero-order valence-electron chi connectivity index (χ0n) is 9.02. The number of aliphatic hydroxyl groups is 1. The monoisotopic (exact) mass is 211 g/mol. The van der Waals surface area contributed by atoms with Crippen LogP contribution < -0.4 is 0 Å². The maximum absolute atomic E-state index is 8.85. The van der Waals surface area contributed by atoms with Gasteiger partial charge in [-0.2, -0.15) is 4.98 Å². The molecule has 1 aliphatic rings. The molecule has 0 radical (unpaired) electrons. The molecule has 2 rings (SSSR count). The Kier molecular flexibility index (Phi) is 3.33. The Labute approximate surface area is 89.1 Å². The lowest BCUT2D eigenvalue weighted by molar-refractivity contribution is 0.247. The lowest BCUT2D eigenvalue weighted by atomic mass is 10.1. The molecule has 1 N–H and O–H groups in total. The van der Waals surface area contributed by atoms with Crippen molar-refractivity contribution in [2.75, 3.05) is 19.7 Å². The third-order valence-corrected chi connectivity index (χ3v) is 2.84. The molecule has 1 saturated heterocycles. The van der Waals surface area contributed by atoms with Crippen LogP contribution in [0.4, 0.5) is 0 Å². The fraction of sp³-hybridized carbons (Fsp3) is 0.800. The van der Waals surface area contributed by atoms with Gasteiger partial charge in [0.05, 0.1) is 6.54 Å². The van der Waals surface area contributed by atoms with E-state index in [-0.39, 0.29) is 0 Å². The van der Waals surface area contributed by atoms with Gasteiger partial charge < -0.3 is 9.63 Å². The second kappa shape index (κ2) is 4.72. The molecule has 1 aliphatic heterocycles. The molecule has 0 bridgehead atoms. The van der Waals surface area contributed by atoms with Crippen molar-refractivity contribution in [3.63, 3.8) is 0 Å². The van der Waals surface area contributed by atoms with Gasteiger partial charge >= 0.3 is 0 Å². The molecule has 2 heterocycles. The molecule has 1 aromatic rings. The van der Waals surface area contributed by atoms with Gasteiger partial charge in [0.25, 0.3) is 0 Å². The first-order chi connectivity index (χ1) is 7.28. The summed E-state index contributed by atoms with van der Waals surface area (Å²) in [6, 6.07) is 0. The Hall–Kier alpha value is -0.940. The molecule has 1 aromatic heterocycles. The molecule has 1 atom stereocenters. The van der Waals surface area contributed by atoms with Crippen molar-refractivity contribution >= 4 is 0 Å². The van der Waals surface area contributed by atoms with Crippen LogP contribution in [-0.2, 0) is 6.54 Å². The Balaban J connectivity index is 1.82. The van der Waals surface area contributed by atoms with Crippen LogP contribution in [0.1, 0.15) is 24.6 Å². The van der Waals surface area contributed by atoms with Crippen LogP contribution in [0.2, 0.25) is 0 Å². The highest BCUT2D eigenvalue weighted by molar-refractivity contribution is 4.86. The highest BCUT2D eigenvalue weighted by atomic mass is 16.5. The third kappa shape index (κ3) is 2.76. The summed E-state index contributed by atoms with van der Waals surface area (Å²) in [5.74, 6) is 2.01. The minimum absolute atomic E-state index is 0.291. The molecule has 0 saturated carbocycles. The largest absolute Gasteiger partial charge is 0.396 e. The first-order valence-corrected chi connectivity index (χ1v) is 5.40. The fourth-order valence-electron chi connectivity index (χ4n) is 2.08. The second-order valence-corrected chi connectivity index (χ2v) is 4.13. The van der Waals surface area contributed by atoms with Crippen molar-refractivity contribution in [2.24, 2.45) is 5.92 Å². The SMILES string of the molecule is Cc1nc(CN2CCC(CCO)C2)no1. The smallest absolute Gasteiger partial charge is 0.223 e. The molecule has 1 fully saturated rings. The molecule has 0 amide bonds. The number of hydrogen-bond acceptors (Lipinski definition) is 5. The molecule has 5 nitrogen and oxygen atoms in total. The minimum Gasteiger partial charge on any atom is -0.396 e. The zero-order valence-corrected chi connectivity index (χ0v) is 9.02. The van der Waals surface area contributed by atoms with Crippen LogP contribution >= 0.6 is 0 Å². The number of hydrogen-bond donors (Lipinski definition) is 1. The van der Waals surface area contributed by atoms with E-state index in [0.29, 0.717) is 18.4 Å². The van der Waals surface area contributed by atoms with E-state index < -0.39 is 0 Å². The summed E-state index contributed by atoms with van der Waals surface area (Å²) < 4.78 is 4.92. The van der Waals surface area contributed by atoms with Gasteiger partial charge in [0.1, 0.15) is 0 Å². The van der Waals surface area contributed by atoms with Crippen LogP contribution in [0.5, 0.6) is 0 Å². The average molecular weight is 211 g/mol. The van der Waals surface area contributed by atoms with Gasteiger partial charge in [0, 0.05) is 20.1 Å². The van der Waals surface area contributed by atoms with E-state index in [0.717, 1.165) is 38.3 Å². The molecular weight excluding hydrogens is 194 g/mol. The quantitative estimate of drug-likeness (QED) is 0.789. The first-order valence-electron chi connectivity index (χ1n) is 5.40. The molecule has 0 aromatic carbocycles. The fourth-order valence-corrected chi connectivity index (χ4v) is 2.08. The van der Waals surface area contributed by atoms with Crippen molar-refractivity contribution < 1.29 is 9.63 Å². The second-order valence-electron chi connectivity index (χ2n) is 4.13. The van der Waals surface area contributed by atoms with E-state index in [1.807, 2.05) is 0 Å². The lowest BCUT2D eigenvalue weighted by Gasteiger charge is -2.12. The van der Waals surface area contributed by atoms with Gasteiger partial charge in [0.2, 0.25) is 5.89 Å². The predicted octanol–water partition coefficient (Wildman–Crippen LogP) is 0.582. The molecule has 5 heteroatoms. The molecule has 84 valence electrons. The number of aliphatic hydroxyl groups excluding tert-OH is 1. The van der Waals surface area contributed by atoms with Crippen molar-refractivity contribution in [3.05, 3.63) is 11.7 Å². The number of aryl methyl sites for hydroxylation is 1. The van der Waals surface area contributed by atoms with E-state index in [4.69, 9.17) is 9.63 Å². The first kappa shape index (κ1) is 10.6. The van der Waals surface area contributed by atoms with Crippen LogP contribution in [0.3, 0.4) is 0 Å². The molecule has 0 spiro atoms. The van der Waals surface area contributed by atoms with Gasteiger partial charge in [-0.3, -0.25) is 4.90 Å². The van der Waals surface area contributed by atoms with Crippen LogP contribution in [0, 0.1) is 12.8 Å². The highest BCUT2D eigenvalue weighted by Gasteiger charge is 2.22. The van der Waals surface area contributed by atoms with Gasteiger partial charge in [-0.05, 0) is 25.3 Å². The van der Waals surface area contributed by atoms with Crippen molar-refractivity contribution in [1.82, 2.24) is 15.0 Å². The normalized spacial score (nSPS) is 22.4. The minimum atomic E-state index is 0.291. The summed E-state index contributed by atoms with van der Waals surface area (Å²) in [4.78, 5) is 6.49. The lowest BCUT2D eigenvalue weighted by Crippen LogP contribution is -2.21. The summed E-state index contributed by atoms with van der Waals surface area (Å²) >= 11 is 0. The number of likely N-dealkylation sites (tertiary alicyclic amines) is 1. The van der Waals surface area contributed by atoms with Crippen molar-refractivity contribution in [1.29, 1.82) is 0 Å². The molecule has 15 heavy (non-hydrogen) atoms. The van der Waals surface area contributed by atoms with Gasteiger partial charge in [-0.25, -0.2) is 0 Å². The number of nitrogens with zero attached hydrogens (tertiary/aromatic N) is 3. The number of rotatable bonds is 4. The summed E-state index contributed by atoms with van der Waals surface area (Å²) in [5, 5.41) is 12.7. The van der Waals surface area contributed by atoms with Crippen molar-refractivity contribution in [3.8, 4) is 0 Å².